The lowest BCUT2D eigenvalue weighted by Gasteiger charge is -2.37. The molecule has 0 bridgehead atoms. The first-order valence-corrected chi connectivity index (χ1v) is 15.5. The van der Waals surface area contributed by atoms with Gasteiger partial charge in [0.1, 0.15) is 5.75 Å². The van der Waals surface area contributed by atoms with Crippen LogP contribution in [0.5, 0.6) is 5.75 Å². The highest BCUT2D eigenvalue weighted by atomic mass is 32.1. The molecule has 2 heterocycles. The molecule has 0 radical (unpaired) electrons. The molecule has 1 amide bonds. The van der Waals surface area contributed by atoms with Crippen LogP contribution in [0.25, 0.3) is 0 Å². The fourth-order valence-electron chi connectivity index (χ4n) is 5.62. The Kier molecular flexibility index (Phi) is 10.1. The number of ether oxygens (including phenoxy) is 1. The monoisotopic (exact) mass is 607 g/mol. The van der Waals surface area contributed by atoms with Crippen LogP contribution in [-0.2, 0) is 11.2 Å². The molecule has 3 aromatic carbocycles. The fourth-order valence-corrected chi connectivity index (χ4v) is 5.85. The van der Waals surface area contributed by atoms with E-state index in [1.165, 1.54) is 0 Å². The van der Waals surface area contributed by atoms with E-state index in [0.29, 0.717) is 23.8 Å². The molecular weight excluding hydrogens is 566 g/mol. The van der Waals surface area contributed by atoms with Crippen LogP contribution in [0.2, 0.25) is 0 Å². The van der Waals surface area contributed by atoms with Crippen LogP contribution in [0.3, 0.4) is 0 Å². The van der Waals surface area contributed by atoms with Crippen LogP contribution in [0, 0.1) is 0 Å². The molecule has 0 unspecified atom stereocenters. The Morgan fingerprint density at radius 1 is 0.932 bits per heavy atom. The summed E-state index contributed by atoms with van der Waals surface area (Å²) in [5, 5.41) is 6.92. The van der Waals surface area contributed by atoms with Gasteiger partial charge in [0.25, 0.3) is 5.91 Å². The van der Waals surface area contributed by atoms with Gasteiger partial charge in [-0.15, -0.1) is 0 Å². The first-order valence-electron chi connectivity index (χ1n) is 15.1. The average molecular weight is 608 g/mol. The summed E-state index contributed by atoms with van der Waals surface area (Å²) in [4.78, 5) is 20.3. The number of hydrogen-bond donors (Lipinski definition) is 2. The van der Waals surface area contributed by atoms with Gasteiger partial charge in [-0.2, -0.15) is 0 Å². The molecule has 44 heavy (non-hydrogen) atoms. The number of benzene rings is 3. The highest BCUT2D eigenvalue weighted by molar-refractivity contribution is 7.80. The number of carbonyl (C=O) groups excluding carboxylic acids is 1. The topological polar surface area (TPSA) is 60.1 Å². The first kappa shape index (κ1) is 31.0. The van der Waals surface area contributed by atoms with E-state index in [2.05, 4.69) is 65.6 Å². The van der Waals surface area contributed by atoms with E-state index in [1.54, 1.807) is 6.08 Å². The number of thiocarbonyl (C=S) groups is 1. The molecule has 0 spiro atoms. The maximum atomic E-state index is 13.7. The minimum atomic E-state index is -0.0754. The number of anilines is 4. The van der Waals surface area contributed by atoms with Gasteiger partial charge in [-0.1, -0.05) is 55.6 Å². The minimum Gasteiger partial charge on any atom is -0.489 e. The largest absolute Gasteiger partial charge is 0.489 e. The van der Waals surface area contributed by atoms with E-state index >= 15 is 0 Å². The van der Waals surface area contributed by atoms with Crippen molar-refractivity contribution in [2.45, 2.75) is 26.4 Å². The highest BCUT2D eigenvalue weighted by Gasteiger charge is 2.27. The van der Waals surface area contributed by atoms with Gasteiger partial charge in [-0.25, -0.2) is 0 Å². The van der Waals surface area contributed by atoms with Gasteiger partial charge < -0.3 is 25.2 Å². The molecule has 0 saturated carbocycles. The lowest BCUT2D eigenvalue weighted by molar-refractivity contribution is -0.114. The Hall–Kier alpha value is -4.40. The Labute approximate surface area is 266 Å². The smallest absolute Gasteiger partial charge is 0.258 e. The summed E-state index contributed by atoms with van der Waals surface area (Å²) in [7, 11) is 0. The number of para-hydroxylation sites is 3. The number of carbonyl (C=O) groups is 1. The number of amides is 1. The third kappa shape index (κ3) is 7.75. The van der Waals surface area contributed by atoms with Crippen molar-refractivity contribution in [3.63, 3.8) is 0 Å². The molecule has 228 valence electrons. The van der Waals surface area contributed by atoms with Gasteiger partial charge in [0.05, 0.1) is 11.8 Å². The summed E-state index contributed by atoms with van der Waals surface area (Å²) < 4.78 is 6.04. The number of piperazine rings is 1. The van der Waals surface area contributed by atoms with E-state index in [4.69, 9.17) is 17.0 Å². The third-order valence-electron chi connectivity index (χ3n) is 7.71. The van der Waals surface area contributed by atoms with E-state index < -0.39 is 0 Å². The zero-order valence-corrected chi connectivity index (χ0v) is 26.4. The van der Waals surface area contributed by atoms with Crippen molar-refractivity contribution in [1.29, 1.82) is 0 Å². The van der Waals surface area contributed by atoms with Crippen molar-refractivity contribution < 1.29 is 9.53 Å². The van der Waals surface area contributed by atoms with Crippen molar-refractivity contribution >= 4 is 46.0 Å². The molecule has 3 aromatic rings. The Morgan fingerprint density at radius 2 is 1.64 bits per heavy atom. The standard InChI is InChI=1S/C36H41N5O2S/c1-5-28(23-27(4)25-39-19-21-40(22-20-39)32-13-9-10-14-34(32)43-26(2)3)35(42)41-18-17-29-15-16-31(24-33(29)41)38-36(44)37-30-11-7-6-8-12-30/h5-16,23-24,26H,1,4,17-22,25H2,2-3H3,(H2,37,38,44)/b28-23+. The number of nitrogens with one attached hydrogen (secondary N) is 2. The van der Waals surface area contributed by atoms with Crippen molar-refractivity contribution in [2.75, 3.05) is 59.7 Å². The average Bonchev–Trinajstić information content (AvgIpc) is 3.44. The molecular formula is C36H41N5O2S. The van der Waals surface area contributed by atoms with Crippen LogP contribution in [0.4, 0.5) is 22.7 Å². The maximum Gasteiger partial charge on any atom is 0.258 e. The second-order valence-corrected chi connectivity index (χ2v) is 11.8. The molecule has 2 aliphatic rings. The fraction of sp³-hybridized carbons (Fsp3) is 0.278. The quantitative estimate of drug-likeness (QED) is 0.152. The molecule has 5 rings (SSSR count). The first-order chi connectivity index (χ1) is 21.3. The SMILES string of the molecule is C=C/C(=C\C(=C)CN1CCN(c2ccccc2OC(C)C)CC1)C(=O)N1CCc2ccc(NC(=S)Nc3ccccc3)cc21. The predicted molar refractivity (Wildman–Crippen MR) is 187 cm³/mol. The van der Waals surface area contributed by atoms with Gasteiger partial charge in [0.2, 0.25) is 0 Å². The molecule has 0 aromatic heterocycles. The second-order valence-electron chi connectivity index (χ2n) is 11.4. The minimum absolute atomic E-state index is 0.0754. The number of nitrogens with zero attached hydrogens (tertiary/aromatic N) is 3. The van der Waals surface area contributed by atoms with Gasteiger partial charge in [-0.05, 0) is 86.1 Å². The van der Waals surface area contributed by atoms with Gasteiger partial charge in [0.15, 0.2) is 5.11 Å². The molecule has 1 saturated heterocycles. The van der Waals surface area contributed by atoms with E-state index in [1.807, 2.05) is 65.6 Å². The Morgan fingerprint density at radius 3 is 2.36 bits per heavy atom. The summed E-state index contributed by atoms with van der Waals surface area (Å²) >= 11 is 5.51. The summed E-state index contributed by atoms with van der Waals surface area (Å²) in [5.74, 6) is 0.851. The van der Waals surface area contributed by atoms with Crippen molar-refractivity contribution in [1.82, 2.24) is 4.90 Å². The van der Waals surface area contributed by atoms with Crippen molar-refractivity contribution in [3.8, 4) is 5.75 Å². The summed E-state index contributed by atoms with van der Waals surface area (Å²) in [6, 6.07) is 24.1. The van der Waals surface area contributed by atoms with Crippen molar-refractivity contribution in [2.24, 2.45) is 0 Å². The molecule has 2 N–H and O–H groups in total. The van der Waals surface area contributed by atoms with Gasteiger partial charge in [-0.3, -0.25) is 9.69 Å². The highest BCUT2D eigenvalue weighted by Crippen LogP contribution is 2.33. The Bertz CT molecular complexity index is 1540. The molecule has 0 aliphatic carbocycles. The van der Waals surface area contributed by atoms with Crippen LogP contribution in [0.15, 0.2) is 109 Å². The van der Waals surface area contributed by atoms with Crippen molar-refractivity contribution in [3.05, 3.63) is 115 Å². The summed E-state index contributed by atoms with van der Waals surface area (Å²) in [5.41, 5.74) is 6.32. The Balaban J connectivity index is 1.18. The number of fused-ring (bicyclic) bond motifs is 1. The molecule has 7 nitrogen and oxygen atoms in total. The van der Waals surface area contributed by atoms with Crippen LogP contribution in [-0.4, -0.2) is 61.3 Å². The van der Waals surface area contributed by atoms with Crippen LogP contribution >= 0.6 is 12.2 Å². The normalized spacial score (nSPS) is 15.1. The van der Waals surface area contributed by atoms with Gasteiger partial charge >= 0.3 is 0 Å². The molecule has 0 atom stereocenters. The zero-order chi connectivity index (χ0) is 31.1. The maximum absolute atomic E-state index is 13.7. The van der Waals surface area contributed by atoms with Crippen LogP contribution in [0.1, 0.15) is 19.4 Å². The number of rotatable bonds is 10. The predicted octanol–water partition coefficient (Wildman–Crippen LogP) is 6.66. The number of hydrogen-bond acceptors (Lipinski definition) is 5. The lowest BCUT2D eigenvalue weighted by atomic mass is 10.1. The van der Waals surface area contributed by atoms with E-state index in [0.717, 1.165) is 72.2 Å². The van der Waals surface area contributed by atoms with Crippen LogP contribution < -0.4 is 25.2 Å². The zero-order valence-electron chi connectivity index (χ0n) is 25.6. The third-order valence-corrected chi connectivity index (χ3v) is 7.91. The van der Waals surface area contributed by atoms with E-state index in [9.17, 15) is 4.79 Å². The molecule has 8 heteroatoms. The summed E-state index contributed by atoms with van der Waals surface area (Å²) in [6.45, 7) is 17.2. The summed E-state index contributed by atoms with van der Waals surface area (Å²) in [6.07, 6.45) is 4.44. The van der Waals surface area contributed by atoms with Gasteiger partial charge in [0, 0.05) is 61.9 Å². The van der Waals surface area contributed by atoms with E-state index in [-0.39, 0.29) is 12.0 Å². The molecule has 2 aliphatic heterocycles. The lowest BCUT2D eigenvalue weighted by Crippen LogP contribution is -2.47. The second kappa shape index (κ2) is 14.4. The molecule has 1 fully saturated rings.